The highest BCUT2D eigenvalue weighted by molar-refractivity contribution is 7.85. The van der Waals surface area contributed by atoms with Gasteiger partial charge >= 0.3 is 0 Å². The molecular formula is C9H14N4O3S. The summed E-state index contributed by atoms with van der Waals surface area (Å²) in [6.07, 6.45) is 0. The van der Waals surface area contributed by atoms with Gasteiger partial charge in [0, 0.05) is 41.5 Å². The zero-order valence-corrected chi connectivity index (χ0v) is 10.0. The number of hydrogen-bond donors (Lipinski definition) is 2. The number of carbonyl (C=O) groups excluding carboxylic acids is 1. The second-order valence-electron chi connectivity index (χ2n) is 3.78. The molecule has 0 radical (unpaired) electrons. The number of hydrazine groups is 1. The van der Waals surface area contributed by atoms with Crippen LogP contribution >= 0.6 is 0 Å². The molecule has 3 N–H and O–H groups in total. The molecule has 0 saturated carbocycles. The molecule has 0 bridgehead atoms. The van der Waals surface area contributed by atoms with Gasteiger partial charge in [-0.05, 0) is 0 Å². The molecule has 7 nitrogen and oxygen atoms in total. The van der Waals surface area contributed by atoms with E-state index in [0.717, 1.165) is 13.1 Å². The first-order valence-electron chi connectivity index (χ1n) is 5.23. The van der Waals surface area contributed by atoms with Crippen LogP contribution in [-0.2, 0) is 17.3 Å². The van der Waals surface area contributed by atoms with Crippen molar-refractivity contribution in [1.29, 1.82) is 0 Å². The van der Waals surface area contributed by atoms with Crippen LogP contribution in [0.1, 0.15) is 16.2 Å². The number of nitrogens with two attached hydrogens (primary N) is 1. The van der Waals surface area contributed by atoms with Gasteiger partial charge in [0.1, 0.15) is 0 Å². The van der Waals surface area contributed by atoms with Crippen LogP contribution in [0.15, 0.2) is 10.6 Å². The molecule has 1 saturated heterocycles. The fourth-order valence-electron chi connectivity index (χ4n) is 1.62. The molecule has 1 aliphatic heterocycles. The van der Waals surface area contributed by atoms with Crippen LogP contribution in [0, 0.1) is 0 Å². The molecule has 0 atom stereocenters. The molecule has 0 spiro atoms. The van der Waals surface area contributed by atoms with Crippen LogP contribution in [-0.4, -0.2) is 44.8 Å². The molecular weight excluding hydrogens is 244 g/mol. The van der Waals surface area contributed by atoms with E-state index in [2.05, 4.69) is 10.1 Å². The third kappa shape index (κ3) is 3.11. The Bertz CT molecular complexity index is 424. The minimum Gasteiger partial charge on any atom is -0.359 e. The molecule has 2 heterocycles. The lowest BCUT2D eigenvalue weighted by molar-refractivity contribution is 0.0944. The molecule has 0 aromatic carbocycles. The number of nitrogens with one attached hydrogen (secondary N) is 1. The number of carbonyl (C=O) groups is 1. The summed E-state index contributed by atoms with van der Waals surface area (Å²) >= 11 is 0. The highest BCUT2D eigenvalue weighted by atomic mass is 32.2. The SMILES string of the molecule is NNC(=O)c1cc(CN2CCS(=O)CC2)on1. The van der Waals surface area contributed by atoms with E-state index in [4.69, 9.17) is 10.4 Å². The molecule has 0 unspecified atom stereocenters. The summed E-state index contributed by atoms with van der Waals surface area (Å²) in [4.78, 5) is 13.3. The zero-order valence-electron chi connectivity index (χ0n) is 9.22. The zero-order chi connectivity index (χ0) is 12.3. The van der Waals surface area contributed by atoms with Gasteiger partial charge in [0.25, 0.3) is 5.91 Å². The lowest BCUT2D eigenvalue weighted by Gasteiger charge is -2.24. The van der Waals surface area contributed by atoms with Crippen molar-refractivity contribution in [3.05, 3.63) is 17.5 Å². The Labute approximate surface area is 101 Å². The third-order valence-electron chi connectivity index (χ3n) is 2.57. The summed E-state index contributed by atoms with van der Waals surface area (Å²) in [5.74, 6) is 6.49. The average molecular weight is 258 g/mol. The van der Waals surface area contributed by atoms with Crippen molar-refractivity contribution < 1.29 is 13.5 Å². The second-order valence-corrected chi connectivity index (χ2v) is 5.47. The predicted octanol–water partition coefficient (Wildman–Crippen LogP) is -1.16. The van der Waals surface area contributed by atoms with E-state index in [-0.39, 0.29) is 5.69 Å². The first-order valence-corrected chi connectivity index (χ1v) is 6.71. The largest absolute Gasteiger partial charge is 0.359 e. The molecule has 17 heavy (non-hydrogen) atoms. The van der Waals surface area contributed by atoms with Crippen molar-refractivity contribution in [3.63, 3.8) is 0 Å². The number of nitrogens with zero attached hydrogens (tertiary/aromatic N) is 2. The Morgan fingerprint density at radius 1 is 1.59 bits per heavy atom. The van der Waals surface area contributed by atoms with E-state index in [0.29, 0.717) is 23.8 Å². The van der Waals surface area contributed by atoms with Gasteiger partial charge in [-0.25, -0.2) is 5.84 Å². The smallest absolute Gasteiger partial charge is 0.287 e. The topological polar surface area (TPSA) is 101 Å². The van der Waals surface area contributed by atoms with Crippen LogP contribution in [0.5, 0.6) is 0 Å². The van der Waals surface area contributed by atoms with Gasteiger partial charge in [0.15, 0.2) is 11.5 Å². The first-order chi connectivity index (χ1) is 8.19. The van der Waals surface area contributed by atoms with Crippen LogP contribution in [0.3, 0.4) is 0 Å². The summed E-state index contributed by atoms with van der Waals surface area (Å²) in [5.41, 5.74) is 2.16. The molecule has 1 fully saturated rings. The third-order valence-corrected chi connectivity index (χ3v) is 3.85. The van der Waals surface area contributed by atoms with E-state index in [1.165, 1.54) is 0 Å². The molecule has 1 aromatic rings. The summed E-state index contributed by atoms with van der Waals surface area (Å²) in [6, 6.07) is 1.56. The molecule has 1 amide bonds. The van der Waals surface area contributed by atoms with Gasteiger partial charge in [-0.2, -0.15) is 0 Å². The number of hydrogen-bond acceptors (Lipinski definition) is 6. The lowest BCUT2D eigenvalue weighted by Crippen LogP contribution is -2.37. The standard InChI is InChI=1S/C9H14N4O3S/c10-11-9(14)8-5-7(16-12-8)6-13-1-3-17(15)4-2-13/h5H,1-4,6,10H2,(H,11,14). The Hall–Kier alpha value is -1.25. The molecule has 8 heteroatoms. The highest BCUT2D eigenvalue weighted by Crippen LogP contribution is 2.09. The van der Waals surface area contributed by atoms with Crippen molar-refractivity contribution >= 4 is 16.7 Å². The number of aromatic nitrogens is 1. The van der Waals surface area contributed by atoms with E-state index in [9.17, 15) is 9.00 Å². The average Bonchev–Trinajstić information content (AvgIpc) is 2.80. The van der Waals surface area contributed by atoms with E-state index in [1.54, 1.807) is 6.07 Å². The van der Waals surface area contributed by atoms with Crippen LogP contribution in [0.4, 0.5) is 0 Å². The summed E-state index contributed by atoms with van der Waals surface area (Å²) in [6.45, 7) is 2.11. The van der Waals surface area contributed by atoms with E-state index >= 15 is 0 Å². The first kappa shape index (κ1) is 12.2. The fraction of sp³-hybridized carbons (Fsp3) is 0.556. The summed E-state index contributed by atoms with van der Waals surface area (Å²) < 4.78 is 16.2. The van der Waals surface area contributed by atoms with Crippen molar-refractivity contribution in [3.8, 4) is 0 Å². The van der Waals surface area contributed by atoms with Crippen LogP contribution in [0.2, 0.25) is 0 Å². The van der Waals surface area contributed by atoms with Crippen molar-refractivity contribution in [2.75, 3.05) is 24.6 Å². The fourth-order valence-corrected chi connectivity index (χ4v) is 2.75. The van der Waals surface area contributed by atoms with Gasteiger partial charge < -0.3 is 4.52 Å². The molecule has 1 aliphatic rings. The van der Waals surface area contributed by atoms with Gasteiger partial charge in [0.2, 0.25) is 0 Å². The van der Waals surface area contributed by atoms with Gasteiger partial charge in [-0.1, -0.05) is 5.16 Å². The van der Waals surface area contributed by atoms with E-state index < -0.39 is 16.7 Å². The van der Waals surface area contributed by atoms with Crippen LogP contribution < -0.4 is 11.3 Å². The second kappa shape index (κ2) is 5.39. The quantitative estimate of drug-likeness (QED) is 0.403. The van der Waals surface area contributed by atoms with Crippen molar-refractivity contribution in [2.45, 2.75) is 6.54 Å². The van der Waals surface area contributed by atoms with E-state index in [1.807, 2.05) is 5.43 Å². The summed E-state index contributed by atoms with van der Waals surface area (Å²) in [5, 5.41) is 3.61. The molecule has 1 aromatic heterocycles. The monoisotopic (exact) mass is 258 g/mol. The minimum atomic E-state index is -0.691. The van der Waals surface area contributed by atoms with Gasteiger partial charge in [0.05, 0.1) is 6.54 Å². The molecule has 0 aliphatic carbocycles. The van der Waals surface area contributed by atoms with Gasteiger partial charge in [-0.3, -0.25) is 19.3 Å². The lowest BCUT2D eigenvalue weighted by atomic mass is 10.3. The maximum atomic E-state index is 11.2. The Morgan fingerprint density at radius 2 is 2.29 bits per heavy atom. The van der Waals surface area contributed by atoms with Crippen molar-refractivity contribution in [2.24, 2.45) is 5.84 Å². The predicted molar refractivity (Wildman–Crippen MR) is 61.3 cm³/mol. The minimum absolute atomic E-state index is 0.170. The maximum absolute atomic E-state index is 11.2. The Kier molecular flexibility index (Phi) is 3.87. The Morgan fingerprint density at radius 3 is 2.94 bits per heavy atom. The highest BCUT2D eigenvalue weighted by Gasteiger charge is 2.18. The number of nitrogen functional groups attached to an aromatic ring is 1. The van der Waals surface area contributed by atoms with Gasteiger partial charge in [-0.15, -0.1) is 0 Å². The molecule has 2 rings (SSSR count). The normalized spacial score (nSPS) is 18.2. The van der Waals surface area contributed by atoms with Crippen LogP contribution in [0.25, 0.3) is 0 Å². The number of rotatable bonds is 3. The maximum Gasteiger partial charge on any atom is 0.287 e. The molecule has 94 valence electrons. The Balaban J connectivity index is 1.93. The number of amides is 1. The summed E-state index contributed by atoms with van der Waals surface area (Å²) in [7, 11) is -0.691. The van der Waals surface area contributed by atoms with Crippen molar-refractivity contribution in [1.82, 2.24) is 15.5 Å².